The van der Waals surface area contributed by atoms with Crippen LogP contribution in [0.2, 0.25) is 0 Å². The number of nitrogens with zero attached hydrogens (tertiary/aromatic N) is 2. The molecule has 2 fully saturated rings. The van der Waals surface area contributed by atoms with E-state index in [0.717, 1.165) is 22.7 Å². The van der Waals surface area contributed by atoms with Crippen LogP contribution in [0.4, 0.5) is 34.1 Å². The standard InChI is InChI=1S/C66H52N2/c1-3-19-47(20-4-1)67(61-43-59-63(53-25-9-7-23-51(53)61)55-27-11-13-29-57(55)65(59)39-15-16-40-65)49-35-31-45(32-36-49)46-33-37-50(38-34-46)68(48-21-5-2-6-22-48)62-44-60-64(54-26-10-8-24-52(54)62)56-28-12-14-30-58(56)66(60)41-17-18-42-66/h1-14,19-38,43-44H,15-18,39-42H2. The van der Waals surface area contributed by atoms with E-state index in [1.54, 1.807) is 0 Å². The molecule has 68 heavy (non-hydrogen) atoms. The fourth-order valence-corrected chi connectivity index (χ4v) is 13.6. The second-order valence-electron chi connectivity index (χ2n) is 19.8. The lowest BCUT2D eigenvalue weighted by Gasteiger charge is -2.31. The average molecular weight is 873 g/mol. The Morgan fingerprint density at radius 3 is 1.00 bits per heavy atom. The normalized spacial score (nSPS) is 15.7. The monoisotopic (exact) mass is 872 g/mol. The van der Waals surface area contributed by atoms with E-state index in [2.05, 4.69) is 228 Å². The summed E-state index contributed by atoms with van der Waals surface area (Å²) in [5, 5.41) is 5.24. The van der Waals surface area contributed by atoms with Gasteiger partial charge in [0.2, 0.25) is 0 Å². The van der Waals surface area contributed by atoms with Crippen molar-refractivity contribution in [1.82, 2.24) is 0 Å². The van der Waals surface area contributed by atoms with Gasteiger partial charge in [-0.15, -0.1) is 0 Å². The molecule has 0 atom stereocenters. The van der Waals surface area contributed by atoms with E-state index in [9.17, 15) is 0 Å². The molecular formula is C66H52N2. The third kappa shape index (κ3) is 5.76. The molecule has 0 N–H and O–H groups in total. The van der Waals surface area contributed by atoms with E-state index in [1.165, 1.54) is 140 Å². The molecule has 0 amide bonds. The van der Waals surface area contributed by atoms with Gasteiger partial charge in [-0.05, 0) is 153 Å². The van der Waals surface area contributed by atoms with Gasteiger partial charge in [0.15, 0.2) is 0 Å². The molecule has 2 heteroatoms. The van der Waals surface area contributed by atoms with E-state index in [-0.39, 0.29) is 10.8 Å². The van der Waals surface area contributed by atoms with Gasteiger partial charge in [-0.3, -0.25) is 0 Å². The van der Waals surface area contributed by atoms with Gasteiger partial charge < -0.3 is 9.80 Å². The van der Waals surface area contributed by atoms with Crippen molar-refractivity contribution in [2.24, 2.45) is 0 Å². The predicted octanol–water partition coefficient (Wildman–Crippen LogP) is 18.3. The minimum absolute atomic E-state index is 0.0663. The lowest BCUT2D eigenvalue weighted by atomic mass is 9.76. The number of rotatable bonds is 7. The first-order valence-corrected chi connectivity index (χ1v) is 24.9. The highest BCUT2D eigenvalue weighted by atomic mass is 15.1. The molecule has 10 aromatic carbocycles. The lowest BCUT2D eigenvalue weighted by molar-refractivity contribution is 0.550. The van der Waals surface area contributed by atoms with Gasteiger partial charge >= 0.3 is 0 Å². The second kappa shape index (κ2) is 15.4. The van der Waals surface area contributed by atoms with E-state index in [0.29, 0.717) is 0 Å². The number of hydrogen-bond donors (Lipinski definition) is 0. The zero-order chi connectivity index (χ0) is 44.8. The molecule has 0 saturated heterocycles. The number of benzene rings is 10. The molecule has 4 aliphatic rings. The van der Waals surface area contributed by atoms with Gasteiger partial charge in [0.25, 0.3) is 0 Å². The highest BCUT2D eigenvalue weighted by molar-refractivity contribution is 6.11. The molecule has 0 radical (unpaired) electrons. The maximum Gasteiger partial charge on any atom is 0.0543 e. The third-order valence-corrected chi connectivity index (χ3v) is 16.5. The summed E-state index contributed by atoms with van der Waals surface area (Å²) >= 11 is 0. The molecule has 2 spiro atoms. The minimum Gasteiger partial charge on any atom is -0.310 e. The molecule has 2 nitrogen and oxygen atoms in total. The van der Waals surface area contributed by atoms with Crippen LogP contribution >= 0.6 is 0 Å². The lowest BCUT2D eigenvalue weighted by Crippen LogP contribution is -2.21. The first-order chi connectivity index (χ1) is 33.7. The van der Waals surface area contributed by atoms with Crippen molar-refractivity contribution in [3.8, 4) is 33.4 Å². The summed E-state index contributed by atoms with van der Waals surface area (Å²) in [6.45, 7) is 0. The molecule has 326 valence electrons. The Balaban J connectivity index is 0.868. The fourth-order valence-electron chi connectivity index (χ4n) is 13.6. The Hall–Kier alpha value is -7.68. The molecule has 10 aromatic rings. The first-order valence-electron chi connectivity index (χ1n) is 24.9. The summed E-state index contributed by atoms with van der Waals surface area (Å²) in [5.74, 6) is 0. The average Bonchev–Trinajstić information content (AvgIpc) is 4.22. The Bertz CT molecular complexity index is 3320. The van der Waals surface area contributed by atoms with E-state index < -0.39 is 0 Å². The topological polar surface area (TPSA) is 6.48 Å². The summed E-state index contributed by atoms with van der Waals surface area (Å²) < 4.78 is 0. The van der Waals surface area contributed by atoms with Crippen molar-refractivity contribution in [2.75, 3.05) is 9.80 Å². The quantitative estimate of drug-likeness (QED) is 0.157. The van der Waals surface area contributed by atoms with Gasteiger partial charge in [-0.2, -0.15) is 0 Å². The van der Waals surface area contributed by atoms with Crippen LogP contribution in [-0.2, 0) is 10.8 Å². The van der Waals surface area contributed by atoms with E-state index in [1.807, 2.05) is 0 Å². The van der Waals surface area contributed by atoms with Crippen LogP contribution in [-0.4, -0.2) is 0 Å². The zero-order valence-corrected chi connectivity index (χ0v) is 38.3. The highest BCUT2D eigenvalue weighted by Crippen LogP contribution is 2.62. The first kappa shape index (κ1) is 39.5. The summed E-state index contributed by atoms with van der Waals surface area (Å²) in [4.78, 5) is 4.99. The minimum atomic E-state index is 0.0663. The van der Waals surface area contributed by atoms with Gasteiger partial charge in [-0.25, -0.2) is 0 Å². The molecule has 0 unspecified atom stereocenters. The number of anilines is 6. The van der Waals surface area contributed by atoms with Crippen molar-refractivity contribution in [1.29, 1.82) is 0 Å². The smallest absolute Gasteiger partial charge is 0.0543 e. The van der Waals surface area contributed by atoms with Gasteiger partial charge in [0.1, 0.15) is 0 Å². The van der Waals surface area contributed by atoms with Gasteiger partial charge in [0.05, 0.1) is 11.4 Å². The summed E-state index contributed by atoms with van der Waals surface area (Å²) in [6, 6.07) is 82.3. The summed E-state index contributed by atoms with van der Waals surface area (Å²) in [6.07, 6.45) is 9.90. The van der Waals surface area contributed by atoms with Gasteiger partial charge in [-0.1, -0.05) is 183 Å². The number of para-hydroxylation sites is 2. The van der Waals surface area contributed by atoms with Crippen LogP contribution in [0.1, 0.15) is 73.6 Å². The summed E-state index contributed by atoms with van der Waals surface area (Å²) in [5.41, 5.74) is 21.4. The molecule has 0 heterocycles. The largest absolute Gasteiger partial charge is 0.310 e. The molecule has 0 bridgehead atoms. The SMILES string of the molecule is c1ccc(N(c2ccc(-c3ccc(N(c4ccccc4)c4cc5c(c6ccccc46)-c4ccccc4C54CCCC4)cc3)cc2)c2cc3c(c4ccccc24)-c2ccccc2C32CCCC2)cc1. The zero-order valence-electron chi connectivity index (χ0n) is 38.3. The van der Waals surface area contributed by atoms with Crippen molar-refractivity contribution >= 4 is 55.7 Å². The Kier molecular flexibility index (Phi) is 8.96. The summed E-state index contributed by atoms with van der Waals surface area (Å²) in [7, 11) is 0. The van der Waals surface area contributed by atoms with Gasteiger partial charge in [0, 0.05) is 44.4 Å². The van der Waals surface area contributed by atoms with Crippen molar-refractivity contribution in [3.63, 3.8) is 0 Å². The van der Waals surface area contributed by atoms with Crippen LogP contribution in [0.25, 0.3) is 54.9 Å². The van der Waals surface area contributed by atoms with Crippen LogP contribution < -0.4 is 9.80 Å². The molecule has 14 rings (SSSR count). The molecule has 2 saturated carbocycles. The van der Waals surface area contributed by atoms with Crippen LogP contribution in [0.5, 0.6) is 0 Å². The van der Waals surface area contributed by atoms with Crippen LogP contribution in [0, 0.1) is 0 Å². The molecule has 0 aromatic heterocycles. The predicted molar refractivity (Wildman–Crippen MR) is 286 cm³/mol. The van der Waals surface area contributed by atoms with Crippen molar-refractivity contribution < 1.29 is 0 Å². The van der Waals surface area contributed by atoms with E-state index in [4.69, 9.17) is 0 Å². The maximum absolute atomic E-state index is 2.57. The number of hydrogen-bond acceptors (Lipinski definition) is 2. The Labute approximate surface area is 399 Å². The molecular weight excluding hydrogens is 821 g/mol. The van der Waals surface area contributed by atoms with Crippen LogP contribution in [0.3, 0.4) is 0 Å². The van der Waals surface area contributed by atoms with Crippen LogP contribution in [0.15, 0.2) is 218 Å². The third-order valence-electron chi connectivity index (χ3n) is 16.5. The van der Waals surface area contributed by atoms with Crippen molar-refractivity contribution in [3.05, 3.63) is 241 Å². The number of fused-ring (bicyclic) bond motifs is 14. The fraction of sp³-hybridized carbons (Fsp3) is 0.152. The Morgan fingerprint density at radius 1 is 0.279 bits per heavy atom. The molecule has 0 aliphatic heterocycles. The van der Waals surface area contributed by atoms with Crippen molar-refractivity contribution in [2.45, 2.75) is 62.2 Å². The second-order valence-corrected chi connectivity index (χ2v) is 19.8. The maximum atomic E-state index is 2.57. The highest BCUT2D eigenvalue weighted by Gasteiger charge is 2.47. The Morgan fingerprint density at radius 2 is 0.603 bits per heavy atom. The van der Waals surface area contributed by atoms with E-state index >= 15 is 0 Å². The molecule has 4 aliphatic carbocycles.